The SMILES string of the molecule is C=CCCCCCC[N+]([O-])(CCC)CCC. The van der Waals surface area contributed by atoms with Crippen LogP contribution in [0.25, 0.3) is 0 Å². The molecule has 0 rings (SSSR count). The van der Waals surface area contributed by atoms with Crippen LogP contribution >= 0.6 is 0 Å². The highest BCUT2D eigenvalue weighted by atomic mass is 16.5. The van der Waals surface area contributed by atoms with Gasteiger partial charge in [0.25, 0.3) is 0 Å². The highest BCUT2D eigenvalue weighted by Gasteiger charge is 2.13. The molecule has 0 amide bonds. The Kier molecular flexibility index (Phi) is 9.65. The first-order valence-corrected chi connectivity index (χ1v) is 6.86. The quantitative estimate of drug-likeness (QED) is 0.224. The third kappa shape index (κ3) is 7.89. The zero-order valence-electron chi connectivity index (χ0n) is 11.2. The summed E-state index contributed by atoms with van der Waals surface area (Å²) >= 11 is 0. The van der Waals surface area contributed by atoms with E-state index in [4.69, 9.17) is 0 Å². The van der Waals surface area contributed by atoms with Crippen LogP contribution in [0.5, 0.6) is 0 Å². The number of quaternary nitrogens is 1. The van der Waals surface area contributed by atoms with E-state index in [2.05, 4.69) is 20.4 Å². The molecule has 0 aromatic rings. The van der Waals surface area contributed by atoms with Gasteiger partial charge in [0.05, 0.1) is 19.6 Å². The van der Waals surface area contributed by atoms with Crippen LogP contribution in [0.1, 0.15) is 58.8 Å². The van der Waals surface area contributed by atoms with E-state index in [-0.39, 0.29) is 4.65 Å². The Morgan fingerprint density at radius 3 is 2.00 bits per heavy atom. The summed E-state index contributed by atoms with van der Waals surface area (Å²) in [6.45, 7) is 10.3. The topological polar surface area (TPSA) is 23.1 Å². The van der Waals surface area contributed by atoms with Gasteiger partial charge in [-0.05, 0) is 38.5 Å². The van der Waals surface area contributed by atoms with Crippen molar-refractivity contribution in [2.45, 2.75) is 58.8 Å². The monoisotopic (exact) mass is 227 g/mol. The Bertz CT molecular complexity index is 162. The molecule has 0 radical (unpaired) electrons. The molecule has 96 valence electrons. The van der Waals surface area contributed by atoms with Gasteiger partial charge in [0.15, 0.2) is 0 Å². The lowest BCUT2D eigenvalue weighted by atomic mass is 10.1. The third-order valence-electron chi connectivity index (χ3n) is 2.99. The highest BCUT2D eigenvalue weighted by molar-refractivity contribution is 4.65. The molecule has 0 aliphatic carbocycles. The molecule has 0 aromatic heterocycles. The van der Waals surface area contributed by atoms with Gasteiger partial charge < -0.3 is 9.85 Å². The second-order valence-electron chi connectivity index (χ2n) is 4.72. The molecule has 2 nitrogen and oxygen atoms in total. The number of hydrogen-bond acceptors (Lipinski definition) is 1. The van der Waals surface area contributed by atoms with E-state index in [0.29, 0.717) is 0 Å². The normalized spacial score (nSPS) is 11.7. The minimum absolute atomic E-state index is 0.0362. The van der Waals surface area contributed by atoms with E-state index in [1.165, 1.54) is 19.3 Å². The highest BCUT2D eigenvalue weighted by Crippen LogP contribution is 2.12. The lowest BCUT2D eigenvalue weighted by molar-refractivity contribution is -0.881. The van der Waals surface area contributed by atoms with Crippen LogP contribution in [0.4, 0.5) is 0 Å². The molecular weight excluding hydrogens is 198 g/mol. The molecule has 2 heteroatoms. The number of hydrogen-bond donors (Lipinski definition) is 0. The number of allylic oxidation sites excluding steroid dienone is 1. The van der Waals surface area contributed by atoms with Crippen LogP contribution in [-0.4, -0.2) is 24.3 Å². The van der Waals surface area contributed by atoms with Gasteiger partial charge in [-0.25, -0.2) is 0 Å². The summed E-state index contributed by atoms with van der Waals surface area (Å²) in [5, 5.41) is 12.3. The summed E-state index contributed by atoms with van der Waals surface area (Å²) in [4.78, 5) is 0. The maximum Gasteiger partial charge on any atom is 0.0783 e. The van der Waals surface area contributed by atoms with Gasteiger partial charge in [0.1, 0.15) is 0 Å². The van der Waals surface area contributed by atoms with E-state index in [9.17, 15) is 5.21 Å². The Hall–Kier alpha value is -0.340. The summed E-state index contributed by atoms with van der Waals surface area (Å²) in [5.41, 5.74) is 0. The first-order chi connectivity index (χ1) is 7.68. The van der Waals surface area contributed by atoms with Crippen LogP contribution in [0.2, 0.25) is 0 Å². The number of nitrogens with zero attached hydrogens (tertiary/aromatic N) is 1. The molecule has 0 fully saturated rings. The minimum Gasteiger partial charge on any atom is -0.633 e. The van der Waals surface area contributed by atoms with E-state index < -0.39 is 0 Å². The van der Waals surface area contributed by atoms with E-state index in [0.717, 1.165) is 45.3 Å². The van der Waals surface area contributed by atoms with Crippen molar-refractivity contribution >= 4 is 0 Å². The van der Waals surface area contributed by atoms with Crippen molar-refractivity contribution in [2.75, 3.05) is 19.6 Å². The Morgan fingerprint density at radius 1 is 0.938 bits per heavy atom. The average Bonchev–Trinajstić information content (AvgIpc) is 2.24. The van der Waals surface area contributed by atoms with Crippen molar-refractivity contribution in [1.82, 2.24) is 0 Å². The second-order valence-corrected chi connectivity index (χ2v) is 4.72. The predicted molar refractivity (Wildman–Crippen MR) is 72.1 cm³/mol. The molecule has 0 heterocycles. The second kappa shape index (κ2) is 9.86. The molecule has 0 aromatic carbocycles. The standard InChI is InChI=1S/C14H29NO/c1-4-7-8-9-10-11-14-15(16,12-5-2)13-6-3/h4H,1,5-14H2,2-3H3. The largest absolute Gasteiger partial charge is 0.633 e. The van der Waals surface area contributed by atoms with Gasteiger partial charge in [0.2, 0.25) is 0 Å². The van der Waals surface area contributed by atoms with Crippen molar-refractivity contribution in [2.24, 2.45) is 0 Å². The molecule has 0 saturated carbocycles. The molecule has 0 aliphatic heterocycles. The van der Waals surface area contributed by atoms with Crippen molar-refractivity contribution < 1.29 is 4.65 Å². The smallest absolute Gasteiger partial charge is 0.0783 e. The van der Waals surface area contributed by atoms with Gasteiger partial charge in [0, 0.05) is 0 Å². The Labute approximate surface area is 102 Å². The molecule has 0 spiro atoms. The zero-order chi connectivity index (χ0) is 12.3. The molecule has 16 heavy (non-hydrogen) atoms. The summed E-state index contributed by atoms with van der Waals surface area (Å²) in [5.74, 6) is 0. The van der Waals surface area contributed by atoms with E-state index >= 15 is 0 Å². The number of unbranched alkanes of at least 4 members (excludes halogenated alkanes) is 4. The average molecular weight is 227 g/mol. The first kappa shape index (κ1) is 15.7. The lowest BCUT2D eigenvalue weighted by Crippen LogP contribution is -2.44. The third-order valence-corrected chi connectivity index (χ3v) is 2.99. The lowest BCUT2D eigenvalue weighted by Gasteiger charge is -2.42. The van der Waals surface area contributed by atoms with E-state index in [1.807, 2.05) is 6.08 Å². The summed E-state index contributed by atoms with van der Waals surface area (Å²) in [7, 11) is 0. The van der Waals surface area contributed by atoms with Gasteiger partial charge >= 0.3 is 0 Å². The van der Waals surface area contributed by atoms with Crippen LogP contribution in [0.15, 0.2) is 12.7 Å². The maximum absolute atomic E-state index is 12.3. The van der Waals surface area contributed by atoms with Crippen molar-refractivity contribution in [3.8, 4) is 0 Å². The maximum atomic E-state index is 12.3. The molecule has 0 saturated heterocycles. The fourth-order valence-corrected chi connectivity index (χ4v) is 2.19. The summed E-state index contributed by atoms with van der Waals surface area (Å²) in [6, 6.07) is 0. The van der Waals surface area contributed by atoms with Crippen LogP contribution in [0, 0.1) is 5.21 Å². The molecular formula is C14H29NO. The van der Waals surface area contributed by atoms with Crippen molar-refractivity contribution in [1.29, 1.82) is 0 Å². The van der Waals surface area contributed by atoms with Crippen LogP contribution in [0.3, 0.4) is 0 Å². The summed E-state index contributed by atoms with van der Waals surface area (Å²) < 4.78 is 0.0362. The Morgan fingerprint density at radius 2 is 1.50 bits per heavy atom. The fraction of sp³-hybridized carbons (Fsp3) is 0.857. The molecule has 0 N–H and O–H groups in total. The van der Waals surface area contributed by atoms with Crippen molar-refractivity contribution in [3.05, 3.63) is 17.9 Å². The predicted octanol–water partition coefficient (Wildman–Crippen LogP) is 4.26. The summed E-state index contributed by atoms with van der Waals surface area (Å²) in [6.07, 6.45) is 9.84. The van der Waals surface area contributed by atoms with Crippen LogP contribution in [-0.2, 0) is 0 Å². The van der Waals surface area contributed by atoms with E-state index in [1.54, 1.807) is 0 Å². The number of hydroxylamine groups is 3. The Balaban J connectivity index is 3.63. The van der Waals surface area contributed by atoms with Gasteiger partial charge in [-0.1, -0.05) is 26.3 Å². The minimum atomic E-state index is 0.0362. The molecule has 0 bridgehead atoms. The van der Waals surface area contributed by atoms with Gasteiger partial charge in [-0.3, -0.25) is 0 Å². The molecule has 0 aliphatic rings. The first-order valence-electron chi connectivity index (χ1n) is 6.86. The molecule has 0 unspecified atom stereocenters. The van der Waals surface area contributed by atoms with Crippen molar-refractivity contribution in [3.63, 3.8) is 0 Å². The fourth-order valence-electron chi connectivity index (χ4n) is 2.19. The van der Waals surface area contributed by atoms with Crippen LogP contribution < -0.4 is 0 Å². The zero-order valence-corrected chi connectivity index (χ0v) is 11.2. The van der Waals surface area contributed by atoms with Gasteiger partial charge in [-0.2, -0.15) is 0 Å². The number of rotatable bonds is 11. The van der Waals surface area contributed by atoms with Gasteiger partial charge in [-0.15, -0.1) is 6.58 Å². The molecule has 0 atom stereocenters.